The Hall–Kier alpha value is -4.01. The minimum absolute atomic E-state index is 0.00367. The lowest BCUT2D eigenvalue weighted by Gasteiger charge is -2.27. The molecule has 0 bridgehead atoms. The van der Waals surface area contributed by atoms with Gasteiger partial charge in [0.1, 0.15) is 11.4 Å². The van der Waals surface area contributed by atoms with Gasteiger partial charge in [-0.25, -0.2) is 9.78 Å². The number of piperidine rings is 1. The monoisotopic (exact) mass is 544 g/mol. The highest BCUT2D eigenvalue weighted by molar-refractivity contribution is 5.98. The van der Waals surface area contributed by atoms with Crippen LogP contribution in [0, 0.1) is 0 Å². The zero-order valence-corrected chi connectivity index (χ0v) is 22.9. The number of hydrogen-bond donors (Lipinski definition) is 2. The van der Waals surface area contributed by atoms with E-state index in [0.717, 1.165) is 63.9 Å². The van der Waals surface area contributed by atoms with Crippen molar-refractivity contribution in [2.24, 2.45) is 0 Å². The molecule has 9 heteroatoms. The molecule has 210 valence electrons. The minimum atomic E-state index is -1.26. The normalized spacial score (nSPS) is 17.0. The van der Waals surface area contributed by atoms with Crippen molar-refractivity contribution in [3.63, 3.8) is 0 Å². The number of carbonyl (C=O) groups excluding carboxylic acids is 2. The van der Waals surface area contributed by atoms with Crippen molar-refractivity contribution in [1.29, 1.82) is 0 Å². The summed E-state index contributed by atoms with van der Waals surface area (Å²) in [5.74, 6) is -0.996. The molecule has 5 rings (SSSR count). The van der Waals surface area contributed by atoms with E-state index in [4.69, 9.17) is 0 Å². The highest BCUT2D eigenvalue weighted by Crippen LogP contribution is 2.31. The van der Waals surface area contributed by atoms with Gasteiger partial charge in [0.25, 0.3) is 5.91 Å². The van der Waals surface area contributed by atoms with Crippen LogP contribution in [0.5, 0.6) is 0 Å². The molecule has 3 aromatic rings. The quantitative estimate of drug-likeness (QED) is 0.428. The molecule has 1 saturated heterocycles. The number of aromatic carboxylic acids is 1. The number of carboxylic acids is 1. The number of carbonyl (C=O) groups is 3. The number of Topliss-reactive ketones (excluding diaryl/α,β-unsaturated/α-hetero) is 1. The number of hydrogen-bond acceptors (Lipinski definition) is 6. The lowest BCUT2D eigenvalue weighted by atomic mass is 9.94. The predicted octanol–water partition coefficient (Wildman–Crippen LogP) is 4.52. The van der Waals surface area contributed by atoms with E-state index in [9.17, 15) is 24.3 Å². The first kappa shape index (κ1) is 27.6. The predicted molar refractivity (Wildman–Crippen MR) is 153 cm³/mol. The van der Waals surface area contributed by atoms with Gasteiger partial charge in [0, 0.05) is 43.3 Å². The molecule has 9 nitrogen and oxygen atoms in total. The lowest BCUT2D eigenvalue weighted by molar-refractivity contribution is -0.119. The molecule has 1 aromatic carbocycles. The van der Waals surface area contributed by atoms with E-state index >= 15 is 0 Å². The number of carboxylic acid groups (broad SMARTS) is 1. The number of pyridine rings is 2. The number of aromatic nitrogens is 2. The van der Waals surface area contributed by atoms with Crippen molar-refractivity contribution in [2.45, 2.75) is 76.8 Å². The Balaban J connectivity index is 1.30. The Kier molecular flexibility index (Phi) is 8.28. The first-order valence-electron chi connectivity index (χ1n) is 14.3. The summed E-state index contributed by atoms with van der Waals surface area (Å²) in [5.41, 5.74) is 0.851. The second-order valence-corrected chi connectivity index (χ2v) is 11.0. The third-order valence-corrected chi connectivity index (χ3v) is 8.19. The van der Waals surface area contributed by atoms with Gasteiger partial charge in [0.05, 0.1) is 17.1 Å². The van der Waals surface area contributed by atoms with Crippen LogP contribution in [0.4, 0.5) is 5.82 Å². The molecule has 40 heavy (non-hydrogen) atoms. The zero-order valence-electron chi connectivity index (χ0n) is 22.9. The van der Waals surface area contributed by atoms with Crippen molar-refractivity contribution in [1.82, 2.24) is 14.9 Å². The van der Waals surface area contributed by atoms with Gasteiger partial charge >= 0.3 is 5.97 Å². The van der Waals surface area contributed by atoms with Gasteiger partial charge in [-0.05, 0) is 68.9 Å². The summed E-state index contributed by atoms with van der Waals surface area (Å²) in [4.78, 5) is 57.4. The third-order valence-electron chi connectivity index (χ3n) is 8.19. The summed E-state index contributed by atoms with van der Waals surface area (Å²) in [7, 11) is 0. The summed E-state index contributed by atoms with van der Waals surface area (Å²) >= 11 is 0. The summed E-state index contributed by atoms with van der Waals surface area (Å²) in [6, 6.07) is 8.18. The molecule has 2 N–H and O–H groups in total. The van der Waals surface area contributed by atoms with Crippen molar-refractivity contribution >= 4 is 34.4 Å². The fourth-order valence-corrected chi connectivity index (χ4v) is 5.87. The average Bonchev–Trinajstić information content (AvgIpc) is 2.98. The van der Waals surface area contributed by atoms with Gasteiger partial charge < -0.3 is 19.9 Å². The molecular formula is C31H36N4O5. The summed E-state index contributed by atoms with van der Waals surface area (Å²) in [6.45, 7) is 3.56. The van der Waals surface area contributed by atoms with Crippen LogP contribution in [0.1, 0.15) is 90.6 Å². The molecule has 1 amide bonds. The van der Waals surface area contributed by atoms with Crippen LogP contribution in [-0.2, 0) is 11.2 Å². The van der Waals surface area contributed by atoms with E-state index in [0.29, 0.717) is 22.0 Å². The van der Waals surface area contributed by atoms with Gasteiger partial charge in [0.15, 0.2) is 5.78 Å². The Morgan fingerprint density at radius 2 is 1.75 bits per heavy atom. The number of benzene rings is 1. The number of ketones is 1. The van der Waals surface area contributed by atoms with E-state index in [1.165, 1.54) is 18.8 Å². The Bertz CT molecular complexity index is 1470. The lowest BCUT2D eigenvalue weighted by Crippen LogP contribution is -2.39. The van der Waals surface area contributed by atoms with E-state index in [1.54, 1.807) is 31.2 Å². The van der Waals surface area contributed by atoms with Gasteiger partial charge in [-0.3, -0.25) is 14.4 Å². The SMILES string of the molecule is C[C@H](NC(=O)c1ccc(N2CCCCC2)nc1)C(=O)Cc1ccc2c(c1)c(=O)c(C(=O)O)cn2C1CCCCC1. The summed E-state index contributed by atoms with van der Waals surface area (Å²) in [6.07, 6.45) is 11.7. The Labute approximate surface area is 233 Å². The van der Waals surface area contributed by atoms with Crippen LogP contribution < -0.4 is 15.6 Å². The molecule has 0 radical (unpaired) electrons. The number of fused-ring (bicyclic) bond motifs is 1. The number of amides is 1. The zero-order chi connectivity index (χ0) is 28.2. The highest BCUT2D eigenvalue weighted by Gasteiger charge is 2.23. The van der Waals surface area contributed by atoms with E-state index in [1.807, 2.05) is 10.6 Å². The molecule has 1 aliphatic carbocycles. The minimum Gasteiger partial charge on any atom is -0.477 e. The maximum atomic E-state index is 13.1. The van der Waals surface area contributed by atoms with Crippen molar-refractivity contribution in [3.05, 3.63) is 69.6 Å². The first-order valence-corrected chi connectivity index (χ1v) is 14.3. The van der Waals surface area contributed by atoms with Crippen molar-refractivity contribution < 1.29 is 19.5 Å². The molecular weight excluding hydrogens is 508 g/mol. The number of nitrogens with one attached hydrogen (secondary N) is 1. The van der Waals surface area contributed by atoms with Gasteiger partial charge in [-0.2, -0.15) is 0 Å². The van der Waals surface area contributed by atoms with Gasteiger partial charge in [-0.15, -0.1) is 0 Å². The molecule has 2 fully saturated rings. The molecule has 3 heterocycles. The molecule has 2 aromatic heterocycles. The molecule has 1 atom stereocenters. The standard InChI is InChI=1S/C31H36N4O5/c1-20(33-30(38)22-11-13-28(32-18-22)34-14-6-3-7-15-34)27(36)17-21-10-12-26-24(16-21)29(37)25(31(39)40)19-35(26)23-8-4-2-5-9-23/h10-13,16,18-20,23H,2-9,14-15,17H2,1H3,(H,33,38)(H,39,40)/t20-/m0/s1. The molecule has 2 aliphatic rings. The maximum Gasteiger partial charge on any atom is 0.341 e. The third kappa shape index (κ3) is 5.93. The Morgan fingerprint density at radius 3 is 2.42 bits per heavy atom. The summed E-state index contributed by atoms with van der Waals surface area (Å²) < 4.78 is 1.93. The summed E-state index contributed by atoms with van der Waals surface area (Å²) in [5, 5.41) is 12.7. The van der Waals surface area contributed by atoms with E-state index < -0.39 is 17.4 Å². The van der Waals surface area contributed by atoms with Gasteiger partial charge in [0.2, 0.25) is 5.43 Å². The molecule has 1 saturated carbocycles. The fourth-order valence-electron chi connectivity index (χ4n) is 5.87. The van der Waals surface area contributed by atoms with Crippen LogP contribution in [-0.4, -0.2) is 51.4 Å². The first-order chi connectivity index (χ1) is 19.3. The number of rotatable bonds is 8. The van der Waals surface area contributed by atoms with Crippen LogP contribution in [0.2, 0.25) is 0 Å². The van der Waals surface area contributed by atoms with Crippen molar-refractivity contribution in [2.75, 3.05) is 18.0 Å². The van der Waals surface area contributed by atoms with Crippen LogP contribution in [0.15, 0.2) is 47.5 Å². The molecule has 0 unspecified atom stereocenters. The van der Waals surface area contributed by atoms with E-state index in [-0.39, 0.29) is 29.7 Å². The number of nitrogens with zero attached hydrogens (tertiary/aromatic N) is 3. The topological polar surface area (TPSA) is 122 Å². The largest absolute Gasteiger partial charge is 0.477 e. The van der Waals surface area contributed by atoms with Crippen molar-refractivity contribution in [3.8, 4) is 0 Å². The maximum absolute atomic E-state index is 13.1. The fraction of sp³-hybridized carbons (Fsp3) is 0.452. The Morgan fingerprint density at radius 1 is 1.02 bits per heavy atom. The molecule has 0 spiro atoms. The highest BCUT2D eigenvalue weighted by atomic mass is 16.4. The average molecular weight is 545 g/mol. The smallest absolute Gasteiger partial charge is 0.341 e. The van der Waals surface area contributed by atoms with Gasteiger partial charge in [-0.1, -0.05) is 25.3 Å². The van der Waals surface area contributed by atoms with Crippen LogP contribution in [0.3, 0.4) is 0 Å². The van der Waals surface area contributed by atoms with E-state index in [2.05, 4.69) is 15.2 Å². The second-order valence-electron chi connectivity index (χ2n) is 11.0. The number of anilines is 1. The van der Waals surface area contributed by atoms with Crippen LogP contribution >= 0.6 is 0 Å². The second kappa shape index (κ2) is 12.0. The molecule has 1 aliphatic heterocycles. The van der Waals surface area contributed by atoms with Crippen LogP contribution in [0.25, 0.3) is 10.9 Å².